The molecule has 0 saturated carbocycles. The maximum absolute atomic E-state index is 13.1. The van der Waals surface area contributed by atoms with Crippen LogP contribution in [-0.4, -0.2) is 9.97 Å². The number of hydrogen-bond acceptors (Lipinski definition) is 4. The van der Waals surface area contributed by atoms with E-state index >= 15 is 0 Å². The molecular weight excluding hydrogens is 253 g/mol. The van der Waals surface area contributed by atoms with E-state index in [-0.39, 0.29) is 11.1 Å². The van der Waals surface area contributed by atoms with Crippen molar-refractivity contribution in [2.24, 2.45) is 0 Å². The lowest BCUT2D eigenvalue weighted by molar-refractivity contribution is 0.623. The zero-order valence-electron chi connectivity index (χ0n) is 9.18. The Hall–Kier alpha value is -2.13. The number of thioether (sulfide) groups is 1. The number of nitrogens with one attached hydrogen (secondary N) is 1. The van der Waals surface area contributed by atoms with E-state index in [0.29, 0.717) is 10.9 Å². The fourth-order valence-electron chi connectivity index (χ4n) is 1.32. The Morgan fingerprint density at radius 1 is 1.44 bits per heavy atom. The van der Waals surface area contributed by atoms with Gasteiger partial charge in [-0.15, -0.1) is 0 Å². The molecule has 90 valence electrons. The minimum atomic E-state index is -0.530. The summed E-state index contributed by atoms with van der Waals surface area (Å²) in [4.78, 5) is 17.6. The first-order valence-electron chi connectivity index (χ1n) is 5.05. The fourth-order valence-corrected chi connectivity index (χ4v) is 2.12. The lowest BCUT2D eigenvalue weighted by Crippen LogP contribution is -2.05. The van der Waals surface area contributed by atoms with Gasteiger partial charge in [0.2, 0.25) is 0 Å². The molecule has 1 N–H and O–H groups in total. The number of halogens is 1. The molecule has 2 aromatic rings. The number of H-pyrrole nitrogens is 1. The van der Waals surface area contributed by atoms with E-state index in [0.717, 1.165) is 5.56 Å². The van der Waals surface area contributed by atoms with Crippen molar-refractivity contribution in [1.29, 1.82) is 5.26 Å². The van der Waals surface area contributed by atoms with E-state index in [1.165, 1.54) is 36.2 Å². The summed E-state index contributed by atoms with van der Waals surface area (Å²) in [6.07, 6.45) is 1.42. The highest BCUT2D eigenvalue weighted by atomic mass is 32.2. The summed E-state index contributed by atoms with van der Waals surface area (Å²) in [5.41, 5.74) is 0.594. The summed E-state index contributed by atoms with van der Waals surface area (Å²) >= 11 is 1.31. The third kappa shape index (κ3) is 2.96. The number of hydrogen-bond donors (Lipinski definition) is 1. The smallest absolute Gasteiger partial charge is 0.251 e. The van der Waals surface area contributed by atoms with Crippen LogP contribution in [0.3, 0.4) is 0 Å². The predicted molar refractivity (Wildman–Crippen MR) is 65.5 cm³/mol. The van der Waals surface area contributed by atoms with Crippen molar-refractivity contribution < 1.29 is 4.39 Å². The van der Waals surface area contributed by atoms with Crippen LogP contribution in [0.4, 0.5) is 4.39 Å². The van der Waals surface area contributed by atoms with Crippen molar-refractivity contribution in [2.75, 3.05) is 0 Å². The summed E-state index contributed by atoms with van der Waals surface area (Å²) in [5, 5.41) is 9.20. The highest BCUT2D eigenvalue weighted by Gasteiger charge is 2.04. The second-order valence-corrected chi connectivity index (χ2v) is 4.42. The SMILES string of the molecule is N#Cc1cc(CSc2nccc(=O)[nH]2)ccc1F. The monoisotopic (exact) mass is 261 g/mol. The highest BCUT2D eigenvalue weighted by molar-refractivity contribution is 7.98. The van der Waals surface area contributed by atoms with Gasteiger partial charge in [0.1, 0.15) is 11.9 Å². The van der Waals surface area contributed by atoms with Crippen LogP contribution in [-0.2, 0) is 5.75 Å². The first kappa shape index (κ1) is 12.3. The van der Waals surface area contributed by atoms with Crippen molar-refractivity contribution in [3.8, 4) is 6.07 Å². The Morgan fingerprint density at radius 3 is 3.00 bits per heavy atom. The Labute approximate surface area is 107 Å². The van der Waals surface area contributed by atoms with Gasteiger partial charge >= 0.3 is 0 Å². The van der Waals surface area contributed by atoms with Gasteiger partial charge < -0.3 is 4.98 Å². The summed E-state index contributed by atoms with van der Waals surface area (Å²) < 4.78 is 13.1. The van der Waals surface area contributed by atoms with Crippen LogP contribution in [0.15, 0.2) is 40.4 Å². The zero-order chi connectivity index (χ0) is 13.0. The lowest BCUT2D eigenvalue weighted by Gasteiger charge is -2.02. The van der Waals surface area contributed by atoms with Crippen molar-refractivity contribution in [3.05, 3.63) is 57.8 Å². The van der Waals surface area contributed by atoms with Crippen molar-refractivity contribution in [1.82, 2.24) is 9.97 Å². The molecule has 1 aromatic carbocycles. The van der Waals surface area contributed by atoms with E-state index in [2.05, 4.69) is 9.97 Å². The second-order valence-electron chi connectivity index (χ2n) is 3.45. The third-order valence-corrected chi connectivity index (χ3v) is 3.13. The molecule has 0 radical (unpaired) electrons. The topological polar surface area (TPSA) is 69.5 Å². The Bertz CT molecular complexity index is 663. The largest absolute Gasteiger partial charge is 0.301 e. The van der Waals surface area contributed by atoms with Crippen molar-refractivity contribution >= 4 is 11.8 Å². The van der Waals surface area contributed by atoms with E-state index in [4.69, 9.17) is 5.26 Å². The third-order valence-electron chi connectivity index (χ3n) is 2.17. The molecule has 0 atom stereocenters. The average molecular weight is 261 g/mol. The molecule has 0 amide bonds. The quantitative estimate of drug-likeness (QED) is 0.678. The maximum Gasteiger partial charge on any atom is 0.251 e. The minimum absolute atomic E-state index is 0.0163. The van der Waals surface area contributed by atoms with Gasteiger partial charge in [-0.3, -0.25) is 4.79 Å². The van der Waals surface area contributed by atoms with E-state index in [1.54, 1.807) is 12.1 Å². The molecule has 0 spiro atoms. The van der Waals surface area contributed by atoms with Crippen LogP contribution >= 0.6 is 11.8 Å². The van der Waals surface area contributed by atoms with Gasteiger partial charge in [0.15, 0.2) is 5.16 Å². The van der Waals surface area contributed by atoms with Crippen LogP contribution in [0.2, 0.25) is 0 Å². The van der Waals surface area contributed by atoms with Crippen molar-refractivity contribution in [3.63, 3.8) is 0 Å². The second kappa shape index (κ2) is 5.47. The number of nitrogens with zero attached hydrogens (tertiary/aromatic N) is 2. The van der Waals surface area contributed by atoms with Crippen molar-refractivity contribution in [2.45, 2.75) is 10.9 Å². The van der Waals surface area contributed by atoms with Crippen LogP contribution < -0.4 is 5.56 Å². The Morgan fingerprint density at radius 2 is 2.28 bits per heavy atom. The minimum Gasteiger partial charge on any atom is -0.301 e. The molecule has 0 aliphatic heterocycles. The van der Waals surface area contributed by atoms with Gasteiger partial charge in [-0.05, 0) is 17.7 Å². The molecule has 0 saturated heterocycles. The standard InChI is InChI=1S/C12H8FN3OS/c13-10-2-1-8(5-9(10)6-14)7-18-12-15-4-3-11(17)16-12/h1-5H,7H2,(H,15,16,17). The van der Waals surface area contributed by atoms with Crippen LogP contribution in [0.5, 0.6) is 0 Å². The molecule has 0 bridgehead atoms. The van der Waals surface area contributed by atoms with Crippen LogP contribution in [0.1, 0.15) is 11.1 Å². The molecule has 18 heavy (non-hydrogen) atoms. The van der Waals surface area contributed by atoms with Gasteiger partial charge in [-0.1, -0.05) is 17.8 Å². The molecular formula is C12H8FN3OS. The molecule has 1 aromatic heterocycles. The van der Waals surface area contributed by atoms with E-state index < -0.39 is 5.82 Å². The van der Waals surface area contributed by atoms with Crippen LogP contribution in [0.25, 0.3) is 0 Å². The van der Waals surface area contributed by atoms with Gasteiger partial charge in [-0.2, -0.15) is 5.26 Å². The number of nitriles is 1. The zero-order valence-corrected chi connectivity index (χ0v) is 10.00. The summed E-state index contributed by atoms with van der Waals surface area (Å²) in [7, 11) is 0. The lowest BCUT2D eigenvalue weighted by atomic mass is 10.1. The van der Waals surface area contributed by atoms with E-state index in [9.17, 15) is 9.18 Å². The molecule has 0 unspecified atom stereocenters. The summed E-state index contributed by atoms with van der Waals surface area (Å²) in [6, 6.07) is 7.46. The van der Waals surface area contributed by atoms with Gasteiger partial charge in [0, 0.05) is 18.0 Å². The number of aromatic amines is 1. The normalized spacial score (nSPS) is 10.0. The van der Waals surface area contributed by atoms with E-state index in [1.807, 2.05) is 0 Å². The Kier molecular flexibility index (Phi) is 3.75. The fraction of sp³-hybridized carbons (Fsp3) is 0.0833. The highest BCUT2D eigenvalue weighted by Crippen LogP contribution is 2.19. The molecule has 4 nitrogen and oxygen atoms in total. The Balaban J connectivity index is 2.11. The number of rotatable bonds is 3. The van der Waals surface area contributed by atoms with Crippen LogP contribution in [0, 0.1) is 17.1 Å². The van der Waals surface area contributed by atoms with Gasteiger partial charge in [0.05, 0.1) is 5.56 Å². The molecule has 0 aliphatic rings. The maximum atomic E-state index is 13.1. The summed E-state index contributed by atoms with van der Waals surface area (Å²) in [5.74, 6) is -0.0282. The number of aromatic nitrogens is 2. The molecule has 0 aliphatic carbocycles. The molecule has 1 heterocycles. The first-order chi connectivity index (χ1) is 8.69. The summed E-state index contributed by atoms with van der Waals surface area (Å²) in [6.45, 7) is 0. The predicted octanol–water partition coefficient (Wildman–Crippen LogP) is 2.07. The average Bonchev–Trinajstić information content (AvgIpc) is 2.38. The first-order valence-corrected chi connectivity index (χ1v) is 6.04. The van der Waals surface area contributed by atoms with Gasteiger partial charge in [0.25, 0.3) is 5.56 Å². The molecule has 6 heteroatoms. The molecule has 0 fully saturated rings. The number of benzene rings is 1. The van der Waals surface area contributed by atoms with Gasteiger partial charge in [-0.25, -0.2) is 9.37 Å². The molecule has 2 rings (SSSR count).